The van der Waals surface area contributed by atoms with Crippen molar-refractivity contribution < 1.29 is 8.78 Å². The monoisotopic (exact) mass is 340 g/mol. The SMILES string of the molecule is CC(C)C[C@H](c1cc(F)ccc1F)N1CCNCC1.Cl.Cl. The zero-order chi connectivity index (χ0) is 13.8. The molecule has 0 unspecified atom stereocenters. The lowest BCUT2D eigenvalue weighted by molar-refractivity contribution is 0.150. The van der Waals surface area contributed by atoms with Crippen LogP contribution in [0.5, 0.6) is 0 Å². The Morgan fingerprint density at radius 3 is 2.33 bits per heavy atom. The molecule has 0 aliphatic carbocycles. The average Bonchev–Trinajstić information content (AvgIpc) is 2.40. The largest absolute Gasteiger partial charge is 0.314 e. The molecule has 1 aliphatic heterocycles. The van der Waals surface area contributed by atoms with Gasteiger partial charge in [-0.1, -0.05) is 13.8 Å². The average molecular weight is 341 g/mol. The van der Waals surface area contributed by atoms with Crippen molar-refractivity contribution in [2.24, 2.45) is 5.92 Å². The number of nitrogens with zero attached hydrogens (tertiary/aromatic N) is 1. The Morgan fingerprint density at radius 1 is 1.14 bits per heavy atom. The summed E-state index contributed by atoms with van der Waals surface area (Å²) in [5.41, 5.74) is 0.496. The molecule has 1 heterocycles. The molecule has 1 saturated heterocycles. The van der Waals surface area contributed by atoms with Crippen LogP contribution in [0, 0.1) is 17.6 Å². The van der Waals surface area contributed by atoms with Gasteiger partial charge in [0.2, 0.25) is 0 Å². The first kappa shape index (κ1) is 20.6. The maximum Gasteiger partial charge on any atom is 0.128 e. The second-order valence-electron chi connectivity index (χ2n) is 5.60. The summed E-state index contributed by atoms with van der Waals surface area (Å²) >= 11 is 0. The molecule has 1 N–H and O–H groups in total. The highest BCUT2D eigenvalue weighted by Gasteiger charge is 2.25. The Hall–Kier alpha value is -0.420. The third-order valence-electron chi connectivity index (χ3n) is 3.60. The summed E-state index contributed by atoms with van der Waals surface area (Å²) in [5.74, 6) is -0.214. The molecule has 1 aliphatic rings. The van der Waals surface area contributed by atoms with Crippen molar-refractivity contribution in [1.29, 1.82) is 0 Å². The lowest BCUT2D eigenvalue weighted by atomic mass is 9.94. The van der Waals surface area contributed by atoms with Crippen LogP contribution in [-0.4, -0.2) is 31.1 Å². The molecule has 1 aromatic carbocycles. The van der Waals surface area contributed by atoms with Crippen molar-refractivity contribution in [3.63, 3.8) is 0 Å². The van der Waals surface area contributed by atoms with Crippen LogP contribution in [0.1, 0.15) is 31.9 Å². The molecular weight excluding hydrogens is 317 g/mol. The van der Waals surface area contributed by atoms with Crippen molar-refractivity contribution >= 4 is 24.8 Å². The van der Waals surface area contributed by atoms with Gasteiger partial charge in [0.1, 0.15) is 11.6 Å². The number of piperazine rings is 1. The molecule has 2 rings (SSSR count). The van der Waals surface area contributed by atoms with Crippen molar-refractivity contribution in [3.8, 4) is 0 Å². The van der Waals surface area contributed by atoms with Gasteiger partial charge in [0.15, 0.2) is 0 Å². The van der Waals surface area contributed by atoms with Crippen LogP contribution in [0.25, 0.3) is 0 Å². The summed E-state index contributed by atoms with van der Waals surface area (Å²) < 4.78 is 27.4. The normalized spacial score (nSPS) is 17.0. The van der Waals surface area contributed by atoms with Crippen molar-refractivity contribution in [1.82, 2.24) is 10.2 Å². The number of hydrogen-bond acceptors (Lipinski definition) is 2. The van der Waals surface area contributed by atoms with E-state index in [1.165, 1.54) is 18.2 Å². The smallest absolute Gasteiger partial charge is 0.128 e. The first-order valence-electron chi connectivity index (χ1n) is 6.97. The summed E-state index contributed by atoms with van der Waals surface area (Å²) in [6, 6.07) is 3.74. The van der Waals surface area contributed by atoms with Gasteiger partial charge in [0, 0.05) is 37.8 Å². The second-order valence-corrected chi connectivity index (χ2v) is 5.60. The molecule has 0 saturated carbocycles. The van der Waals surface area contributed by atoms with Gasteiger partial charge in [-0.15, -0.1) is 24.8 Å². The predicted octanol–water partition coefficient (Wildman–Crippen LogP) is 3.80. The van der Waals surface area contributed by atoms with Crippen LogP contribution < -0.4 is 5.32 Å². The maximum atomic E-state index is 14.0. The van der Waals surface area contributed by atoms with Gasteiger partial charge >= 0.3 is 0 Å². The summed E-state index contributed by atoms with van der Waals surface area (Å²) in [7, 11) is 0. The maximum absolute atomic E-state index is 14.0. The molecule has 21 heavy (non-hydrogen) atoms. The minimum absolute atomic E-state index is 0. The van der Waals surface area contributed by atoms with Crippen LogP contribution in [0.3, 0.4) is 0 Å². The van der Waals surface area contributed by atoms with Gasteiger partial charge < -0.3 is 5.32 Å². The van der Waals surface area contributed by atoms with E-state index in [1.54, 1.807) is 0 Å². The summed E-state index contributed by atoms with van der Waals surface area (Å²) in [6.07, 6.45) is 0.848. The van der Waals surface area contributed by atoms with Crippen molar-refractivity contribution in [2.75, 3.05) is 26.2 Å². The summed E-state index contributed by atoms with van der Waals surface area (Å²) in [6.45, 7) is 7.82. The molecule has 0 radical (unpaired) electrons. The highest BCUT2D eigenvalue weighted by Crippen LogP contribution is 2.30. The van der Waals surface area contributed by atoms with Gasteiger partial charge in [-0.3, -0.25) is 4.90 Å². The van der Waals surface area contributed by atoms with Gasteiger partial charge in [-0.2, -0.15) is 0 Å². The molecule has 6 heteroatoms. The van der Waals surface area contributed by atoms with Gasteiger partial charge in [-0.05, 0) is 30.5 Å². The first-order chi connectivity index (χ1) is 9.08. The second kappa shape index (κ2) is 9.57. The Morgan fingerprint density at radius 2 is 1.76 bits per heavy atom. The Labute approximate surface area is 138 Å². The Bertz CT molecular complexity index is 424. The number of rotatable bonds is 4. The van der Waals surface area contributed by atoms with E-state index in [1.807, 2.05) is 0 Å². The van der Waals surface area contributed by atoms with Gasteiger partial charge in [0.05, 0.1) is 0 Å². The predicted molar refractivity (Wildman–Crippen MR) is 87.5 cm³/mol. The van der Waals surface area contributed by atoms with Crippen LogP contribution in [0.2, 0.25) is 0 Å². The number of hydrogen-bond donors (Lipinski definition) is 1. The van der Waals surface area contributed by atoms with Crippen LogP contribution in [-0.2, 0) is 0 Å². The molecule has 1 atom stereocenters. The molecule has 0 spiro atoms. The number of nitrogens with one attached hydrogen (secondary N) is 1. The van der Waals surface area contributed by atoms with E-state index in [4.69, 9.17) is 0 Å². The first-order valence-corrected chi connectivity index (χ1v) is 6.97. The summed E-state index contributed by atoms with van der Waals surface area (Å²) in [5, 5.41) is 3.29. The fourth-order valence-corrected chi connectivity index (χ4v) is 2.68. The lowest BCUT2D eigenvalue weighted by Gasteiger charge is -2.36. The molecule has 0 bridgehead atoms. The zero-order valence-electron chi connectivity index (χ0n) is 12.4. The topological polar surface area (TPSA) is 15.3 Å². The van der Waals surface area contributed by atoms with Crippen molar-refractivity contribution in [3.05, 3.63) is 35.4 Å². The molecule has 122 valence electrons. The lowest BCUT2D eigenvalue weighted by Crippen LogP contribution is -2.45. The third-order valence-corrected chi connectivity index (χ3v) is 3.60. The van der Waals surface area contributed by atoms with E-state index >= 15 is 0 Å². The Kier molecular flexibility index (Phi) is 9.38. The quantitative estimate of drug-likeness (QED) is 0.896. The van der Waals surface area contributed by atoms with E-state index in [2.05, 4.69) is 24.1 Å². The third kappa shape index (κ3) is 5.70. The van der Waals surface area contributed by atoms with E-state index < -0.39 is 0 Å². The van der Waals surface area contributed by atoms with E-state index in [-0.39, 0.29) is 42.5 Å². The molecule has 1 aromatic rings. The van der Waals surface area contributed by atoms with E-state index in [9.17, 15) is 8.78 Å². The van der Waals surface area contributed by atoms with Crippen LogP contribution in [0.15, 0.2) is 18.2 Å². The molecular formula is C15H24Cl2F2N2. The minimum atomic E-state index is -0.361. The highest BCUT2D eigenvalue weighted by molar-refractivity contribution is 5.85. The standard InChI is InChI=1S/C15H22F2N2.2ClH/c1-11(2)9-15(19-7-5-18-6-8-19)13-10-12(16)3-4-14(13)17;;/h3-4,10-11,15,18H,5-9H2,1-2H3;2*1H/t15-;;/m1../s1. The molecule has 1 fully saturated rings. The molecule has 0 aromatic heterocycles. The van der Waals surface area contributed by atoms with Gasteiger partial charge in [-0.25, -0.2) is 8.78 Å². The Balaban J connectivity index is 0.00000200. The number of benzene rings is 1. The molecule has 2 nitrogen and oxygen atoms in total. The fourth-order valence-electron chi connectivity index (χ4n) is 2.68. The van der Waals surface area contributed by atoms with E-state index in [0.717, 1.165) is 32.6 Å². The number of halogens is 4. The summed E-state index contributed by atoms with van der Waals surface area (Å²) in [4.78, 5) is 2.26. The van der Waals surface area contributed by atoms with E-state index in [0.29, 0.717) is 11.5 Å². The fraction of sp³-hybridized carbons (Fsp3) is 0.600. The molecule has 0 amide bonds. The minimum Gasteiger partial charge on any atom is -0.314 e. The highest BCUT2D eigenvalue weighted by atomic mass is 35.5. The van der Waals surface area contributed by atoms with Crippen LogP contribution >= 0.6 is 24.8 Å². The van der Waals surface area contributed by atoms with Crippen molar-refractivity contribution in [2.45, 2.75) is 26.3 Å². The van der Waals surface area contributed by atoms with Crippen LogP contribution in [0.4, 0.5) is 8.78 Å². The zero-order valence-corrected chi connectivity index (χ0v) is 14.1. The van der Waals surface area contributed by atoms with Gasteiger partial charge in [0.25, 0.3) is 0 Å².